The molecule has 0 radical (unpaired) electrons. The number of nitrogens with zero attached hydrogens (tertiary/aromatic N) is 3. The Morgan fingerprint density at radius 1 is 1.24 bits per heavy atom. The van der Waals surface area contributed by atoms with Gasteiger partial charge in [-0.05, 0) is 30.3 Å². The lowest BCUT2D eigenvalue weighted by molar-refractivity contribution is -0.117. The van der Waals surface area contributed by atoms with Gasteiger partial charge >= 0.3 is 0 Å². The Hall–Kier alpha value is -3.29. The maximum Gasteiger partial charge on any atom is 0.263 e. The zero-order chi connectivity index (χ0) is 17.4. The average molecular weight is 340 g/mol. The van der Waals surface area contributed by atoms with Crippen molar-refractivity contribution < 1.29 is 13.7 Å². The molecule has 0 aliphatic carbocycles. The van der Waals surface area contributed by atoms with Crippen molar-refractivity contribution in [3.05, 3.63) is 64.6 Å². The molecule has 1 atom stereocenters. The maximum atomic E-state index is 13.4. The predicted octanol–water partition coefficient (Wildman–Crippen LogP) is 2.08. The van der Waals surface area contributed by atoms with E-state index in [1.165, 1.54) is 23.2 Å². The number of rotatable bonds is 3. The highest BCUT2D eigenvalue weighted by atomic mass is 19.1. The third-order valence-electron chi connectivity index (χ3n) is 4.10. The van der Waals surface area contributed by atoms with E-state index in [0.29, 0.717) is 18.1 Å². The molecule has 0 saturated carbocycles. The summed E-state index contributed by atoms with van der Waals surface area (Å²) >= 11 is 0. The summed E-state index contributed by atoms with van der Waals surface area (Å²) in [5, 5.41) is 3.90. The van der Waals surface area contributed by atoms with Crippen LogP contribution in [0.25, 0.3) is 11.5 Å². The van der Waals surface area contributed by atoms with Gasteiger partial charge in [-0.2, -0.15) is 4.98 Å². The first-order valence-corrected chi connectivity index (χ1v) is 7.69. The van der Waals surface area contributed by atoms with Gasteiger partial charge in [0, 0.05) is 30.8 Å². The number of nitrogens with one attached hydrogen (secondary N) is 1. The Bertz CT molecular complexity index is 997. The van der Waals surface area contributed by atoms with Crippen molar-refractivity contribution in [1.29, 1.82) is 0 Å². The number of H-pyrrole nitrogens is 1. The first kappa shape index (κ1) is 15.3. The summed E-state index contributed by atoms with van der Waals surface area (Å²) in [6, 6.07) is 9.10. The second-order valence-electron chi connectivity index (χ2n) is 5.76. The summed E-state index contributed by atoms with van der Waals surface area (Å²) < 4.78 is 18.6. The topological polar surface area (TPSA) is 92.1 Å². The smallest absolute Gasteiger partial charge is 0.263 e. The van der Waals surface area contributed by atoms with Gasteiger partial charge in [0.15, 0.2) is 5.82 Å². The monoisotopic (exact) mass is 340 g/mol. The molecule has 1 saturated heterocycles. The van der Waals surface area contributed by atoms with Gasteiger partial charge in [0.05, 0.1) is 0 Å². The highest BCUT2D eigenvalue weighted by molar-refractivity contribution is 5.96. The Morgan fingerprint density at radius 3 is 2.92 bits per heavy atom. The Morgan fingerprint density at radius 2 is 2.12 bits per heavy atom. The van der Waals surface area contributed by atoms with Crippen molar-refractivity contribution in [2.45, 2.75) is 12.3 Å². The summed E-state index contributed by atoms with van der Waals surface area (Å²) in [5.41, 5.74) is 0.435. The number of aromatic amines is 1. The van der Waals surface area contributed by atoms with E-state index in [2.05, 4.69) is 15.1 Å². The fourth-order valence-corrected chi connectivity index (χ4v) is 2.87. The number of aromatic nitrogens is 3. The second kappa shape index (κ2) is 5.97. The van der Waals surface area contributed by atoms with Crippen LogP contribution in [-0.4, -0.2) is 27.6 Å². The van der Waals surface area contributed by atoms with E-state index < -0.39 is 5.82 Å². The zero-order valence-corrected chi connectivity index (χ0v) is 13.0. The molecule has 1 aliphatic heterocycles. The van der Waals surface area contributed by atoms with E-state index in [4.69, 9.17) is 4.52 Å². The Labute approximate surface area is 141 Å². The van der Waals surface area contributed by atoms with E-state index in [9.17, 15) is 14.0 Å². The SMILES string of the molecule is O=C1C[C@H](c2noc(-c3ccc[nH]c3=O)n2)CN1c1cccc(F)c1. The second-order valence-corrected chi connectivity index (χ2v) is 5.76. The molecule has 1 amide bonds. The van der Waals surface area contributed by atoms with Gasteiger partial charge in [-0.15, -0.1) is 0 Å². The van der Waals surface area contributed by atoms with Crippen LogP contribution < -0.4 is 10.5 Å². The normalized spacial score (nSPS) is 17.2. The molecule has 1 aromatic carbocycles. The predicted molar refractivity (Wildman–Crippen MR) is 86.5 cm³/mol. The summed E-state index contributed by atoms with van der Waals surface area (Å²) in [5.74, 6) is -0.367. The molecule has 25 heavy (non-hydrogen) atoms. The highest BCUT2D eigenvalue weighted by Gasteiger charge is 2.34. The molecule has 4 rings (SSSR count). The van der Waals surface area contributed by atoms with E-state index in [1.54, 1.807) is 24.3 Å². The van der Waals surface area contributed by atoms with Gasteiger partial charge in [-0.3, -0.25) is 9.59 Å². The number of hydrogen-bond donors (Lipinski definition) is 1. The molecule has 0 unspecified atom stereocenters. The molecular formula is C17H13FN4O3. The van der Waals surface area contributed by atoms with Gasteiger partial charge in [-0.1, -0.05) is 11.2 Å². The largest absolute Gasteiger partial charge is 0.334 e. The van der Waals surface area contributed by atoms with Crippen molar-refractivity contribution in [2.75, 3.05) is 11.4 Å². The first-order valence-electron chi connectivity index (χ1n) is 7.69. The number of pyridine rings is 1. The van der Waals surface area contributed by atoms with Crippen LogP contribution in [0.2, 0.25) is 0 Å². The summed E-state index contributed by atoms with van der Waals surface area (Å²) in [4.78, 5) is 32.3. The number of benzene rings is 1. The molecule has 3 heterocycles. The number of halogens is 1. The van der Waals surface area contributed by atoms with Crippen molar-refractivity contribution in [3.8, 4) is 11.5 Å². The first-order chi connectivity index (χ1) is 12.1. The van der Waals surface area contributed by atoms with Crippen molar-refractivity contribution in [2.24, 2.45) is 0 Å². The molecule has 2 aromatic heterocycles. The zero-order valence-electron chi connectivity index (χ0n) is 13.0. The van der Waals surface area contributed by atoms with Crippen molar-refractivity contribution in [3.63, 3.8) is 0 Å². The van der Waals surface area contributed by atoms with E-state index >= 15 is 0 Å². The maximum absolute atomic E-state index is 13.4. The molecule has 8 heteroatoms. The van der Waals surface area contributed by atoms with E-state index in [-0.39, 0.29) is 35.3 Å². The van der Waals surface area contributed by atoms with Crippen LogP contribution in [-0.2, 0) is 4.79 Å². The van der Waals surface area contributed by atoms with Crippen LogP contribution in [0.4, 0.5) is 10.1 Å². The molecule has 3 aromatic rings. The van der Waals surface area contributed by atoms with Crippen molar-refractivity contribution in [1.82, 2.24) is 15.1 Å². The van der Waals surface area contributed by atoms with Crippen LogP contribution >= 0.6 is 0 Å². The highest BCUT2D eigenvalue weighted by Crippen LogP contribution is 2.31. The minimum atomic E-state index is -0.404. The van der Waals surface area contributed by atoms with E-state index in [1.807, 2.05) is 0 Å². The van der Waals surface area contributed by atoms with Gasteiger partial charge in [0.1, 0.15) is 11.4 Å². The fraction of sp³-hybridized carbons (Fsp3) is 0.176. The molecule has 1 aliphatic rings. The number of hydrogen-bond acceptors (Lipinski definition) is 5. The minimum absolute atomic E-state index is 0.105. The van der Waals surface area contributed by atoms with Crippen molar-refractivity contribution >= 4 is 11.6 Å². The quantitative estimate of drug-likeness (QED) is 0.788. The van der Waals surface area contributed by atoms with Crippen LogP contribution in [0.15, 0.2) is 51.9 Å². The van der Waals surface area contributed by atoms with Crippen LogP contribution in [0.1, 0.15) is 18.2 Å². The lowest BCUT2D eigenvalue weighted by Crippen LogP contribution is -2.24. The van der Waals surface area contributed by atoms with Crippen LogP contribution in [0.3, 0.4) is 0 Å². The lowest BCUT2D eigenvalue weighted by atomic mass is 10.1. The minimum Gasteiger partial charge on any atom is -0.334 e. The number of anilines is 1. The van der Waals surface area contributed by atoms with Gasteiger partial charge in [-0.25, -0.2) is 4.39 Å². The molecular weight excluding hydrogens is 327 g/mol. The van der Waals surface area contributed by atoms with Gasteiger partial charge in [0.2, 0.25) is 5.91 Å². The summed E-state index contributed by atoms with van der Waals surface area (Å²) in [6.07, 6.45) is 1.70. The van der Waals surface area contributed by atoms with Crippen LogP contribution in [0, 0.1) is 5.82 Å². The lowest BCUT2D eigenvalue weighted by Gasteiger charge is -2.15. The molecule has 0 bridgehead atoms. The number of carbonyl (C=O) groups is 1. The molecule has 126 valence electrons. The van der Waals surface area contributed by atoms with Crippen LogP contribution in [0.5, 0.6) is 0 Å². The molecule has 1 fully saturated rings. The molecule has 0 spiro atoms. The third-order valence-corrected chi connectivity index (χ3v) is 4.10. The van der Waals surface area contributed by atoms with Gasteiger partial charge < -0.3 is 14.4 Å². The fourth-order valence-electron chi connectivity index (χ4n) is 2.87. The summed E-state index contributed by atoms with van der Waals surface area (Å²) in [6.45, 7) is 0.326. The van der Waals surface area contributed by atoms with E-state index in [0.717, 1.165) is 0 Å². The third kappa shape index (κ3) is 2.82. The van der Waals surface area contributed by atoms with Gasteiger partial charge in [0.25, 0.3) is 11.4 Å². The standard InChI is InChI=1S/C17H13FN4O3/c18-11-3-1-4-12(8-11)22-9-10(7-14(22)23)15-20-17(25-21-15)13-5-2-6-19-16(13)24/h1-6,8,10H,7,9H2,(H,19,24)/t10-/m0/s1. The average Bonchev–Trinajstić information content (AvgIpc) is 3.22. The number of amides is 1. The molecule has 1 N–H and O–H groups in total. The Balaban J connectivity index is 1.59. The molecule has 7 nitrogen and oxygen atoms in total. The number of carbonyl (C=O) groups excluding carboxylic acids is 1. The Kier molecular flexibility index (Phi) is 3.64. The summed E-state index contributed by atoms with van der Waals surface area (Å²) in [7, 11) is 0.